The molecular weight excluding hydrogens is 222 g/mol. The molecule has 100 valence electrons. The van der Waals surface area contributed by atoms with Gasteiger partial charge in [-0.2, -0.15) is 0 Å². The van der Waals surface area contributed by atoms with E-state index in [0.717, 1.165) is 30.5 Å². The summed E-state index contributed by atoms with van der Waals surface area (Å²) in [6.07, 6.45) is 6.96. The highest BCUT2D eigenvalue weighted by Gasteiger charge is 2.17. The van der Waals surface area contributed by atoms with Crippen LogP contribution in [0.4, 0.5) is 0 Å². The second-order valence-corrected chi connectivity index (χ2v) is 5.77. The molecule has 2 heteroatoms. The van der Waals surface area contributed by atoms with E-state index in [0.29, 0.717) is 5.75 Å². The molecule has 0 heterocycles. The number of hydrogen-bond acceptors (Lipinski definition) is 2. The Kier molecular flexibility index (Phi) is 5.06. The van der Waals surface area contributed by atoms with E-state index in [-0.39, 0.29) is 0 Å². The average molecular weight is 247 g/mol. The molecule has 0 bridgehead atoms. The zero-order valence-corrected chi connectivity index (χ0v) is 11.4. The Morgan fingerprint density at radius 3 is 3.00 bits per heavy atom. The van der Waals surface area contributed by atoms with Crippen LogP contribution < -0.4 is 5.32 Å². The van der Waals surface area contributed by atoms with Crippen LogP contribution in [-0.4, -0.2) is 11.7 Å². The molecule has 0 spiro atoms. The van der Waals surface area contributed by atoms with Gasteiger partial charge in [-0.25, -0.2) is 0 Å². The maximum atomic E-state index is 9.37. The van der Waals surface area contributed by atoms with Crippen molar-refractivity contribution in [2.24, 2.45) is 11.8 Å². The van der Waals surface area contributed by atoms with Gasteiger partial charge in [-0.1, -0.05) is 38.3 Å². The lowest BCUT2D eigenvalue weighted by Crippen LogP contribution is -2.21. The molecule has 2 atom stereocenters. The van der Waals surface area contributed by atoms with Crippen molar-refractivity contribution in [1.29, 1.82) is 0 Å². The summed E-state index contributed by atoms with van der Waals surface area (Å²) in [5.74, 6) is 2.20. The lowest BCUT2D eigenvalue weighted by Gasteiger charge is -2.26. The van der Waals surface area contributed by atoms with Gasteiger partial charge in [-0.05, 0) is 48.9 Å². The lowest BCUT2D eigenvalue weighted by molar-refractivity contribution is 0.267. The van der Waals surface area contributed by atoms with Gasteiger partial charge in [0.1, 0.15) is 5.75 Å². The van der Waals surface area contributed by atoms with Gasteiger partial charge in [0.15, 0.2) is 0 Å². The molecule has 1 aromatic carbocycles. The predicted molar refractivity (Wildman–Crippen MR) is 75.6 cm³/mol. The third-order valence-corrected chi connectivity index (χ3v) is 4.01. The molecule has 0 saturated heterocycles. The van der Waals surface area contributed by atoms with Gasteiger partial charge in [0.2, 0.25) is 0 Å². The molecule has 1 aliphatic rings. The van der Waals surface area contributed by atoms with E-state index < -0.39 is 0 Å². The van der Waals surface area contributed by atoms with Crippen LogP contribution in [0.1, 0.15) is 44.6 Å². The first-order valence-electron chi connectivity index (χ1n) is 7.22. The number of phenols is 1. The fraction of sp³-hybridized carbons (Fsp3) is 0.625. The topological polar surface area (TPSA) is 32.3 Å². The molecule has 2 N–H and O–H groups in total. The molecule has 1 aliphatic carbocycles. The van der Waals surface area contributed by atoms with Gasteiger partial charge in [-0.3, -0.25) is 0 Å². The Labute approximate surface area is 110 Å². The fourth-order valence-corrected chi connectivity index (χ4v) is 3.03. The second-order valence-electron chi connectivity index (χ2n) is 5.77. The molecule has 2 rings (SSSR count). The minimum atomic E-state index is 0.357. The van der Waals surface area contributed by atoms with Crippen molar-refractivity contribution in [1.82, 2.24) is 5.32 Å². The first-order valence-corrected chi connectivity index (χ1v) is 7.22. The molecule has 2 unspecified atom stereocenters. The largest absolute Gasteiger partial charge is 0.508 e. The van der Waals surface area contributed by atoms with Crippen molar-refractivity contribution in [3.8, 4) is 5.75 Å². The molecule has 0 amide bonds. The highest BCUT2D eigenvalue weighted by atomic mass is 16.3. The van der Waals surface area contributed by atoms with E-state index >= 15 is 0 Å². The fourth-order valence-electron chi connectivity index (χ4n) is 3.03. The molecule has 1 aromatic rings. The molecule has 0 aliphatic heterocycles. The van der Waals surface area contributed by atoms with Gasteiger partial charge < -0.3 is 10.4 Å². The zero-order chi connectivity index (χ0) is 12.8. The molecule has 0 aromatic heterocycles. The number of nitrogens with one attached hydrogen (secondary N) is 1. The Bertz CT molecular complexity index is 364. The van der Waals surface area contributed by atoms with Crippen molar-refractivity contribution >= 4 is 0 Å². The summed E-state index contributed by atoms with van der Waals surface area (Å²) in [6.45, 7) is 4.33. The minimum absolute atomic E-state index is 0.357. The molecule has 1 fully saturated rings. The van der Waals surface area contributed by atoms with E-state index in [4.69, 9.17) is 0 Å². The van der Waals surface area contributed by atoms with Gasteiger partial charge >= 0.3 is 0 Å². The summed E-state index contributed by atoms with van der Waals surface area (Å²) in [6, 6.07) is 7.49. The molecule has 2 nitrogen and oxygen atoms in total. The first-order chi connectivity index (χ1) is 8.74. The summed E-state index contributed by atoms with van der Waals surface area (Å²) < 4.78 is 0. The third kappa shape index (κ3) is 4.34. The monoisotopic (exact) mass is 247 g/mol. The Morgan fingerprint density at radius 1 is 1.33 bits per heavy atom. The number of hydrogen-bond donors (Lipinski definition) is 2. The number of rotatable bonds is 5. The molecule has 1 saturated carbocycles. The van der Waals surface area contributed by atoms with Gasteiger partial charge in [0, 0.05) is 6.54 Å². The maximum Gasteiger partial charge on any atom is 0.115 e. The predicted octanol–water partition coefficient (Wildman–Crippen LogP) is 3.70. The third-order valence-electron chi connectivity index (χ3n) is 4.01. The zero-order valence-electron chi connectivity index (χ0n) is 11.4. The van der Waals surface area contributed by atoms with Gasteiger partial charge in [-0.15, -0.1) is 0 Å². The van der Waals surface area contributed by atoms with Crippen LogP contribution in [0.2, 0.25) is 0 Å². The van der Waals surface area contributed by atoms with Crippen LogP contribution in [0.5, 0.6) is 5.75 Å². The van der Waals surface area contributed by atoms with Crippen molar-refractivity contribution in [2.45, 2.75) is 45.6 Å². The van der Waals surface area contributed by atoms with E-state index in [1.807, 2.05) is 12.1 Å². The van der Waals surface area contributed by atoms with Crippen molar-refractivity contribution in [3.05, 3.63) is 29.8 Å². The minimum Gasteiger partial charge on any atom is -0.508 e. The second kappa shape index (κ2) is 6.79. The number of aromatic hydroxyl groups is 1. The smallest absolute Gasteiger partial charge is 0.115 e. The summed E-state index contributed by atoms with van der Waals surface area (Å²) in [4.78, 5) is 0. The van der Waals surface area contributed by atoms with E-state index in [2.05, 4.69) is 18.3 Å². The van der Waals surface area contributed by atoms with Crippen molar-refractivity contribution < 1.29 is 5.11 Å². The number of benzene rings is 1. The van der Waals surface area contributed by atoms with Gasteiger partial charge in [0.25, 0.3) is 0 Å². The summed E-state index contributed by atoms with van der Waals surface area (Å²) in [7, 11) is 0. The Morgan fingerprint density at radius 2 is 2.22 bits per heavy atom. The molecule has 18 heavy (non-hydrogen) atoms. The Balaban J connectivity index is 1.64. The van der Waals surface area contributed by atoms with E-state index in [1.165, 1.54) is 32.1 Å². The standard InChI is InChI=1S/C16H25NO/c1-13-4-2-5-14(10-13)8-9-17-12-15-6-3-7-16(18)11-15/h3,6-7,11,13-14,17-18H,2,4-5,8-10,12H2,1H3. The molecular formula is C16H25NO. The average Bonchev–Trinajstić information content (AvgIpc) is 2.35. The van der Waals surface area contributed by atoms with E-state index in [9.17, 15) is 5.11 Å². The van der Waals surface area contributed by atoms with Crippen molar-refractivity contribution in [3.63, 3.8) is 0 Å². The van der Waals surface area contributed by atoms with Crippen LogP contribution >= 0.6 is 0 Å². The highest BCUT2D eigenvalue weighted by molar-refractivity contribution is 5.26. The summed E-state index contributed by atoms with van der Waals surface area (Å²) >= 11 is 0. The normalized spacial score (nSPS) is 24.1. The van der Waals surface area contributed by atoms with Crippen LogP contribution in [0.25, 0.3) is 0 Å². The van der Waals surface area contributed by atoms with Crippen LogP contribution in [0.15, 0.2) is 24.3 Å². The highest BCUT2D eigenvalue weighted by Crippen LogP contribution is 2.30. The molecule has 0 radical (unpaired) electrons. The van der Waals surface area contributed by atoms with Crippen LogP contribution in [0.3, 0.4) is 0 Å². The summed E-state index contributed by atoms with van der Waals surface area (Å²) in [5.41, 5.74) is 1.16. The van der Waals surface area contributed by atoms with Crippen molar-refractivity contribution in [2.75, 3.05) is 6.54 Å². The number of phenolic OH excluding ortho intramolecular Hbond substituents is 1. The van der Waals surface area contributed by atoms with Crippen LogP contribution in [0, 0.1) is 11.8 Å². The Hall–Kier alpha value is -1.02. The first kappa shape index (κ1) is 13.4. The maximum absolute atomic E-state index is 9.37. The lowest BCUT2D eigenvalue weighted by atomic mass is 9.81. The van der Waals surface area contributed by atoms with Crippen LogP contribution in [-0.2, 0) is 6.54 Å². The quantitative estimate of drug-likeness (QED) is 0.778. The van der Waals surface area contributed by atoms with Gasteiger partial charge in [0.05, 0.1) is 0 Å². The summed E-state index contributed by atoms with van der Waals surface area (Å²) in [5, 5.41) is 12.9. The van der Waals surface area contributed by atoms with E-state index in [1.54, 1.807) is 6.07 Å². The SMILES string of the molecule is CC1CCCC(CCNCc2cccc(O)c2)C1.